The van der Waals surface area contributed by atoms with Gasteiger partial charge in [-0.2, -0.15) is 0 Å². The van der Waals surface area contributed by atoms with Gasteiger partial charge < -0.3 is 10.1 Å². The average molecular weight is 341 g/mol. The second kappa shape index (κ2) is 7.03. The molecule has 0 aliphatic heterocycles. The fourth-order valence-corrected chi connectivity index (χ4v) is 2.91. The highest BCUT2D eigenvalue weighted by Gasteiger charge is 2.04. The quantitative estimate of drug-likeness (QED) is 0.865. The predicted octanol–water partition coefficient (Wildman–Crippen LogP) is 3.90. The Kier molecular flexibility index (Phi) is 5.36. The SMILES string of the molecule is CCNCc1ccc(OCc2cnc(C)s2)c(Br)c1. The maximum atomic E-state index is 5.80. The largest absolute Gasteiger partial charge is 0.487 e. The molecule has 1 N–H and O–H groups in total. The van der Waals surface area contributed by atoms with E-state index in [1.54, 1.807) is 11.3 Å². The van der Waals surface area contributed by atoms with Crippen molar-refractivity contribution in [1.82, 2.24) is 10.3 Å². The molecule has 0 unspecified atom stereocenters. The van der Waals surface area contributed by atoms with E-state index in [4.69, 9.17) is 4.74 Å². The van der Waals surface area contributed by atoms with Gasteiger partial charge in [0.25, 0.3) is 0 Å². The van der Waals surface area contributed by atoms with E-state index in [1.807, 2.05) is 19.2 Å². The Morgan fingerprint density at radius 2 is 2.26 bits per heavy atom. The molecule has 5 heteroatoms. The van der Waals surface area contributed by atoms with Crippen molar-refractivity contribution < 1.29 is 4.74 Å². The van der Waals surface area contributed by atoms with E-state index in [-0.39, 0.29) is 0 Å². The lowest BCUT2D eigenvalue weighted by atomic mass is 10.2. The van der Waals surface area contributed by atoms with E-state index in [2.05, 4.69) is 45.3 Å². The lowest BCUT2D eigenvalue weighted by molar-refractivity contribution is 0.307. The smallest absolute Gasteiger partial charge is 0.134 e. The summed E-state index contributed by atoms with van der Waals surface area (Å²) < 4.78 is 6.79. The Bertz CT molecular complexity index is 542. The van der Waals surface area contributed by atoms with Crippen molar-refractivity contribution in [2.45, 2.75) is 27.0 Å². The summed E-state index contributed by atoms with van der Waals surface area (Å²) in [7, 11) is 0. The van der Waals surface area contributed by atoms with Crippen molar-refractivity contribution in [1.29, 1.82) is 0 Å². The van der Waals surface area contributed by atoms with Crippen molar-refractivity contribution in [3.05, 3.63) is 44.3 Å². The first-order valence-electron chi connectivity index (χ1n) is 6.22. The van der Waals surface area contributed by atoms with Crippen LogP contribution in [0.4, 0.5) is 0 Å². The molecule has 1 aromatic carbocycles. The summed E-state index contributed by atoms with van der Waals surface area (Å²) >= 11 is 5.22. The minimum absolute atomic E-state index is 0.566. The molecule has 102 valence electrons. The van der Waals surface area contributed by atoms with Crippen LogP contribution in [-0.4, -0.2) is 11.5 Å². The van der Waals surface area contributed by atoms with E-state index in [0.717, 1.165) is 33.2 Å². The number of thiazole rings is 1. The summed E-state index contributed by atoms with van der Waals surface area (Å²) in [5.41, 5.74) is 1.25. The minimum atomic E-state index is 0.566. The zero-order valence-electron chi connectivity index (χ0n) is 11.1. The molecule has 1 aromatic heterocycles. The van der Waals surface area contributed by atoms with Gasteiger partial charge in [-0.15, -0.1) is 11.3 Å². The van der Waals surface area contributed by atoms with Crippen molar-refractivity contribution in [2.75, 3.05) is 6.54 Å². The first-order valence-corrected chi connectivity index (χ1v) is 7.83. The fraction of sp³-hybridized carbons (Fsp3) is 0.357. The normalized spacial score (nSPS) is 10.7. The summed E-state index contributed by atoms with van der Waals surface area (Å²) in [6.45, 7) is 6.52. The highest BCUT2D eigenvalue weighted by molar-refractivity contribution is 9.10. The lowest BCUT2D eigenvalue weighted by Gasteiger charge is -2.09. The monoisotopic (exact) mass is 340 g/mol. The number of halogens is 1. The Labute approximate surface area is 126 Å². The number of hydrogen-bond donors (Lipinski definition) is 1. The van der Waals surface area contributed by atoms with Gasteiger partial charge in [0.1, 0.15) is 12.4 Å². The van der Waals surface area contributed by atoms with E-state index >= 15 is 0 Å². The zero-order chi connectivity index (χ0) is 13.7. The van der Waals surface area contributed by atoms with Crippen molar-refractivity contribution in [2.24, 2.45) is 0 Å². The molecule has 0 amide bonds. The van der Waals surface area contributed by atoms with Crippen LogP contribution in [0.3, 0.4) is 0 Å². The Morgan fingerprint density at radius 3 is 2.89 bits per heavy atom. The number of rotatable bonds is 6. The molecule has 0 atom stereocenters. The molecule has 0 radical (unpaired) electrons. The summed E-state index contributed by atoms with van der Waals surface area (Å²) in [6, 6.07) is 6.18. The van der Waals surface area contributed by atoms with Crippen LogP contribution in [0.1, 0.15) is 22.4 Å². The highest BCUT2D eigenvalue weighted by Crippen LogP contribution is 2.27. The molecule has 2 rings (SSSR count). The minimum Gasteiger partial charge on any atom is -0.487 e. The zero-order valence-corrected chi connectivity index (χ0v) is 13.5. The van der Waals surface area contributed by atoms with Gasteiger partial charge in [-0.05, 0) is 47.1 Å². The highest BCUT2D eigenvalue weighted by atomic mass is 79.9. The third-order valence-corrected chi connectivity index (χ3v) is 4.12. The molecule has 0 aliphatic rings. The third-order valence-electron chi connectivity index (χ3n) is 2.61. The van der Waals surface area contributed by atoms with E-state index < -0.39 is 0 Å². The average Bonchev–Trinajstić information content (AvgIpc) is 2.81. The maximum Gasteiger partial charge on any atom is 0.134 e. The molecule has 0 saturated heterocycles. The van der Waals surface area contributed by atoms with Crippen LogP contribution in [-0.2, 0) is 13.2 Å². The molecule has 0 aliphatic carbocycles. The van der Waals surface area contributed by atoms with Crippen LogP contribution in [0.15, 0.2) is 28.9 Å². The van der Waals surface area contributed by atoms with E-state index in [0.29, 0.717) is 6.61 Å². The number of benzene rings is 1. The maximum absolute atomic E-state index is 5.80. The van der Waals surface area contributed by atoms with Crippen LogP contribution in [0.25, 0.3) is 0 Å². The molecule has 2 aromatic rings. The van der Waals surface area contributed by atoms with Gasteiger partial charge in [0, 0.05) is 12.7 Å². The summed E-state index contributed by atoms with van der Waals surface area (Å²) in [6.07, 6.45) is 1.87. The lowest BCUT2D eigenvalue weighted by Crippen LogP contribution is -2.11. The van der Waals surface area contributed by atoms with Gasteiger partial charge in [0.05, 0.1) is 14.4 Å². The topological polar surface area (TPSA) is 34.1 Å². The van der Waals surface area contributed by atoms with Gasteiger partial charge in [0.15, 0.2) is 0 Å². The molecule has 3 nitrogen and oxygen atoms in total. The van der Waals surface area contributed by atoms with E-state index in [1.165, 1.54) is 5.56 Å². The first-order chi connectivity index (χ1) is 9.19. The van der Waals surface area contributed by atoms with Crippen LogP contribution >= 0.6 is 27.3 Å². The third kappa shape index (κ3) is 4.30. The van der Waals surface area contributed by atoms with Crippen LogP contribution in [0.5, 0.6) is 5.75 Å². The number of aryl methyl sites for hydroxylation is 1. The molecular weight excluding hydrogens is 324 g/mol. The number of ether oxygens (including phenoxy) is 1. The number of nitrogens with zero attached hydrogens (tertiary/aromatic N) is 1. The van der Waals surface area contributed by atoms with Gasteiger partial charge in [0.2, 0.25) is 0 Å². The van der Waals surface area contributed by atoms with Gasteiger partial charge in [-0.1, -0.05) is 13.0 Å². The van der Waals surface area contributed by atoms with Crippen molar-refractivity contribution >= 4 is 27.3 Å². The van der Waals surface area contributed by atoms with Crippen LogP contribution in [0.2, 0.25) is 0 Å². The van der Waals surface area contributed by atoms with Crippen LogP contribution in [0, 0.1) is 6.92 Å². The molecular formula is C14H17BrN2OS. The molecule has 1 heterocycles. The second-order valence-corrected chi connectivity index (χ2v) is 6.35. The molecule has 19 heavy (non-hydrogen) atoms. The summed E-state index contributed by atoms with van der Waals surface area (Å²) in [5, 5.41) is 4.37. The van der Waals surface area contributed by atoms with Gasteiger partial charge >= 0.3 is 0 Å². The number of aromatic nitrogens is 1. The first kappa shape index (κ1) is 14.5. The second-order valence-electron chi connectivity index (χ2n) is 4.18. The Hall–Kier alpha value is -0.910. The Morgan fingerprint density at radius 1 is 1.42 bits per heavy atom. The van der Waals surface area contributed by atoms with Gasteiger partial charge in [-0.3, -0.25) is 0 Å². The van der Waals surface area contributed by atoms with Gasteiger partial charge in [-0.25, -0.2) is 4.98 Å². The molecule has 0 spiro atoms. The number of nitrogens with one attached hydrogen (secondary N) is 1. The van der Waals surface area contributed by atoms with E-state index in [9.17, 15) is 0 Å². The number of hydrogen-bond acceptors (Lipinski definition) is 4. The molecule has 0 bridgehead atoms. The predicted molar refractivity (Wildman–Crippen MR) is 82.7 cm³/mol. The molecule has 0 fully saturated rings. The summed E-state index contributed by atoms with van der Waals surface area (Å²) in [4.78, 5) is 5.36. The Balaban J connectivity index is 1.96. The van der Waals surface area contributed by atoms with Crippen LogP contribution < -0.4 is 10.1 Å². The summed E-state index contributed by atoms with van der Waals surface area (Å²) in [5.74, 6) is 0.867. The molecule has 0 saturated carbocycles. The van der Waals surface area contributed by atoms with Crippen molar-refractivity contribution in [3.8, 4) is 5.75 Å². The standard InChI is InChI=1S/C14H17BrN2OS/c1-3-16-7-11-4-5-14(13(15)6-11)18-9-12-8-17-10(2)19-12/h4-6,8,16H,3,7,9H2,1-2H3. The van der Waals surface area contributed by atoms with Crippen molar-refractivity contribution in [3.63, 3.8) is 0 Å². The fourth-order valence-electron chi connectivity index (χ4n) is 1.66.